The Balaban J connectivity index is 0.000000622. The molecule has 0 bridgehead atoms. The minimum Gasteiger partial charge on any atom is -0.378 e. The van der Waals surface area contributed by atoms with Gasteiger partial charge in [-0.1, -0.05) is 121 Å². The molecule has 262 valence electrons. The van der Waals surface area contributed by atoms with Gasteiger partial charge >= 0.3 is 0 Å². The first-order valence-corrected chi connectivity index (χ1v) is 20.9. The number of allylic oxidation sites excluding steroid dienone is 4. The standard InChI is InChI=1S/C37H38N2OS.C4H10.2C2H6/c1-23-10-15-30-35(18-23)41(4,5)36-21-26(39(2)3)14-17-31(36)37(30)25-13-16-29-32(19-24-11-12-24)27-8-6-7-9-28(27)34(22-38-40)33(29)20-25;1-4(2)3;2*1-2/h6-10,13-18,20-21,23-24H,11-12,19,22H2,1-5H3;4H,1-3H3;2*1-2H3. The van der Waals surface area contributed by atoms with Gasteiger partial charge in [0, 0.05) is 24.7 Å². The van der Waals surface area contributed by atoms with Crippen LogP contribution >= 0.6 is 10.0 Å². The van der Waals surface area contributed by atoms with Crippen molar-refractivity contribution in [3.63, 3.8) is 0 Å². The lowest BCUT2D eigenvalue weighted by Crippen LogP contribution is -2.17. The lowest BCUT2D eigenvalue weighted by molar-refractivity contribution is 0.737. The Hall–Kier alpha value is -3.63. The summed E-state index contributed by atoms with van der Waals surface area (Å²) >= 11 is 0. The van der Waals surface area contributed by atoms with E-state index in [0.717, 1.165) is 23.8 Å². The Morgan fingerprint density at radius 3 is 2.04 bits per heavy atom. The van der Waals surface area contributed by atoms with E-state index in [0.29, 0.717) is 5.92 Å². The molecule has 1 fully saturated rings. The molecule has 3 nitrogen and oxygen atoms in total. The molecular weight excluding hydrogens is 617 g/mol. The summed E-state index contributed by atoms with van der Waals surface area (Å²) in [6.07, 6.45) is 15.8. The Kier molecular flexibility index (Phi) is 12.8. The summed E-state index contributed by atoms with van der Waals surface area (Å²) in [4.78, 5) is 16.9. The molecule has 1 saturated carbocycles. The fourth-order valence-electron chi connectivity index (χ4n) is 6.94. The van der Waals surface area contributed by atoms with Crippen molar-refractivity contribution in [3.8, 4) is 0 Å². The molecule has 49 heavy (non-hydrogen) atoms. The zero-order valence-corrected chi connectivity index (χ0v) is 33.1. The maximum atomic E-state index is 11.8. The highest BCUT2D eigenvalue weighted by molar-refractivity contribution is 8.36. The summed E-state index contributed by atoms with van der Waals surface area (Å²) in [6, 6.07) is 22.6. The Morgan fingerprint density at radius 2 is 1.45 bits per heavy atom. The molecule has 0 amide bonds. The number of nitroso groups, excluding NO2 is 1. The molecule has 7 rings (SSSR count). The fraction of sp³-hybridized carbons (Fsp3) is 0.422. The van der Waals surface area contributed by atoms with Gasteiger partial charge in [-0.05, 0) is 128 Å². The maximum absolute atomic E-state index is 11.8. The van der Waals surface area contributed by atoms with Crippen LogP contribution in [0.15, 0.2) is 99.4 Å². The first-order valence-electron chi connectivity index (χ1n) is 18.5. The van der Waals surface area contributed by atoms with Gasteiger partial charge in [-0.3, -0.25) is 0 Å². The van der Waals surface area contributed by atoms with E-state index in [1.54, 1.807) is 0 Å². The molecule has 1 unspecified atom stereocenters. The van der Waals surface area contributed by atoms with Crippen molar-refractivity contribution in [2.75, 3.05) is 31.5 Å². The number of benzene rings is 4. The Morgan fingerprint density at radius 1 is 0.837 bits per heavy atom. The predicted molar refractivity (Wildman–Crippen MR) is 221 cm³/mol. The summed E-state index contributed by atoms with van der Waals surface area (Å²) < 4.78 is 0. The Bertz CT molecular complexity index is 1880. The van der Waals surface area contributed by atoms with Gasteiger partial charge in [0.1, 0.15) is 6.54 Å². The third kappa shape index (κ3) is 7.91. The van der Waals surface area contributed by atoms with Crippen LogP contribution in [0.2, 0.25) is 0 Å². The highest BCUT2D eigenvalue weighted by Gasteiger charge is 2.35. The van der Waals surface area contributed by atoms with Crippen LogP contribution in [0, 0.1) is 22.7 Å². The van der Waals surface area contributed by atoms with Crippen molar-refractivity contribution >= 4 is 42.8 Å². The molecule has 1 atom stereocenters. The average Bonchev–Trinajstić information content (AvgIpc) is 3.92. The van der Waals surface area contributed by atoms with E-state index < -0.39 is 10.0 Å². The van der Waals surface area contributed by atoms with Gasteiger partial charge in [0.25, 0.3) is 0 Å². The summed E-state index contributed by atoms with van der Waals surface area (Å²) in [5, 5.41) is 8.32. The van der Waals surface area contributed by atoms with E-state index in [1.807, 2.05) is 27.7 Å². The molecule has 3 aliphatic rings. The lowest BCUT2D eigenvalue weighted by Gasteiger charge is -2.44. The number of nitrogens with zero attached hydrogens (tertiary/aromatic N) is 2. The highest BCUT2D eigenvalue weighted by Crippen LogP contribution is 2.66. The SMILES string of the molecule is CC.CC.CC(C)C.CC1C=CC2=C(c3ccc4c(CC5CC5)c5ccccc5c(CN=O)c4c3)c3ccc(N(C)C)cc3S(C)(C)C2=C1. The summed E-state index contributed by atoms with van der Waals surface area (Å²) in [7, 11) is 3.04. The zero-order valence-electron chi connectivity index (χ0n) is 32.3. The molecule has 0 saturated heterocycles. The topological polar surface area (TPSA) is 32.7 Å². The second kappa shape index (κ2) is 16.4. The largest absolute Gasteiger partial charge is 0.378 e. The van der Waals surface area contributed by atoms with Gasteiger partial charge in [0.15, 0.2) is 0 Å². The first-order chi connectivity index (χ1) is 23.5. The van der Waals surface area contributed by atoms with Crippen LogP contribution in [-0.4, -0.2) is 26.6 Å². The summed E-state index contributed by atoms with van der Waals surface area (Å²) in [6.45, 7) is 17.0. The summed E-state index contributed by atoms with van der Waals surface area (Å²) in [5.41, 5.74) is 8.90. The third-order valence-electron chi connectivity index (χ3n) is 9.31. The van der Waals surface area contributed by atoms with E-state index in [2.05, 4.69) is 143 Å². The summed E-state index contributed by atoms with van der Waals surface area (Å²) in [5.74, 6) is 2.02. The highest BCUT2D eigenvalue weighted by atomic mass is 32.3. The molecule has 4 heteroatoms. The number of hydrogen-bond donors (Lipinski definition) is 0. The zero-order chi connectivity index (χ0) is 36.0. The van der Waals surface area contributed by atoms with Crippen molar-refractivity contribution in [3.05, 3.63) is 117 Å². The molecule has 0 N–H and O–H groups in total. The van der Waals surface area contributed by atoms with Gasteiger partial charge < -0.3 is 4.90 Å². The Labute approximate surface area is 298 Å². The van der Waals surface area contributed by atoms with Gasteiger partial charge in [0.05, 0.1) is 0 Å². The van der Waals surface area contributed by atoms with E-state index in [9.17, 15) is 4.91 Å². The molecule has 0 aromatic heterocycles. The fourth-order valence-corrected chi connectivity index (χ4v) is 9.58. The number of fused-ring (bicyclic) bond motifs is 4. The average molecular weight is 677 g/mol. The maximum Gasteiger partial charge on any atom is 0.107 e. The number of rotatable bonds is 6. The van der Waals surface area contributed by atoms with E-state index in [1.165, 1.54) is 77.7 Å². The minimum absolute atomic E-state index is 0.179. The van der Waals surface area contributed by atoms with Gasteiger partial charge in [0.2, 0.25) is 0 Å². The molecule has 1 aliphatic heterocycles. The lowest BCUT2D eigenvalue weighted by atomic mass is 9.85. The number of hydrogen-bond acceptors (Lipinski definition) is 3. The molecule has 2 aliphatic carbocycles. The van der Waals surface area contributed by atoms with Crippen molar-refractivity contribution in [2.24, 2.45) is 22.9 Å². The van der Waals surface area contributed by atoms with Crippen molar-refractivity contribution < 1.29 is 0 Å². The van der Waals surface area contributed by atoms with Gasteiger partial charge in [-0.15, -0.1) is 0 Å². The van der Waals surface area contributed by atoms with Crippen LogP contribution in [0.5, 0.6) is 0 Å². The van der Waals surface area contributed by atoms with Crippen LogP contribution in [0.25, 0.3) is 27.1 Å². The van der Waals surface area contributed by atoms with Crippen molar-refractivity contribution in [1.29, 1.82) is 0 Å². The van der Waals surface area contributed by atoms with E-state index in [4.69, 9.17) is 0 Å². The molecule has 0 radical (unpaired) electrons. The molecule has 1 heterocycles. The van der Waals surface area contributed by atoms with Crippen LogP contribution in [-0.2, 0) is 13.0 Å². The predicted octanol–water partition coefficient (Wildman–Crippen LogP) is 13.3. The second-order valence-electron chi connectivity index (χ2n) is 14.4. The normalized spacial score (nSPS) is 17.7. The molecular formula is C45H60N2OS. The molecule has 4 aromatic carbocycles. The monoisotopic (exact) mass is 676 g/mol. The van der Waals surface area contributed by atoms with Crippen LogP contribution in [0.4, 0.5) is 5.69 Å². The molecule has 4 aromatic rings. The van der Waals surface area contributed by atoms with Crippen LogP contribution < -0.4 is 4.90 Å². The van der Waals surface area contributed by atoms with Crippen molar-refractivity contribution in [1.82, 2.24) is 0 Å². The van der Waals surface area contributed by atoms with E-state index >= 15 is 0 Å². The minimum atomic E-state index is -1.21. The molecule has 0 spiro atoms. The van der Waals surface area contributed by atoms with E-state index in [-0.39, 0.29) is 6.54 Å². The smallest absolute Gasteiger partial charge is 0.107 e. The van der Waals surface area contributed by atoms with Gasteiger partial charge in [-0.25, -0.2) is 0 Å². The number of anilines is 1. The second-order valence-corrected chi connectivity index (χ2v) is 17.9. The van der Waals surface area contributed by atoms with Crippen molar-refractivity contribution in [2.45, 2.75) is 86.1 Å². The third-order valence-corrected chi connectivity index (χ3v) is 12.2. The first kappa shape index (κ1) is 38.2. The van der Waals surface area contributed by atoms with Gasteiger partial charge in [-0.2, -0.15) is 14.9 Å². The quantitative estimate of drug-likeness (QED) is 0.150. The van der Waals surface area contributed by atoms with Crippen LogP contribution in [0.1, 0.15) is 90.5 Å². The van der Waals surface area contributed by atoms with Crippen LogP contribution in [0.3, 0.4) is 0 Å².